The van der Waals surface area contributed by atoms with Gasteiger partial charge in [-0.25, -0.2) is 0 Å². The number of benzene rings is 4. The van der Waals surface area contributed by atoms with Gasteiger partial charge in [0.2, 0.25) is 0 Å². The molecule has 0 aliphatic heterocycles. The Morgan fingerprint density at radius 3 is 2.19 bits per heavy atom. The minimum Gasteiger partial charge on any atom is -0.455 e. The quantitative estimate of drug-likeness (QED) is 0.332. The fraction of sp³-hybridized carbons (Fsp3) is 0.0400. The number of para-hydroxylation sites is 2. The van der Waals surface area contributed by atoms with Crippen LogP contribution in [0.1, 0.15) is 5.56 Å². The number of rotatable bonds is 2. The van der Waals surface area contributed by atoms with Crippen LogP contribution in [0.15, 0.2) is 95.4 Å². The zero-order valence-corrected chi connectivity index (χ0v) is 14.6. The molecule has 0 fully saturated rings. The fourth-order valence-corrected chi connectivity index (χ4v) is 3.71. The lowest BCUT2D eigenvalue weighted by atomic mass is 9.95. The molecule has 0 aliphatic carbocycles. The molecule has 26 heavy (non-hydrogen) atoms. The zero-order valence-electron chi connectivity index (χ0n) is 14.6. The van der Waals surface area contributed by atoms with Gasteiger partial charge < -0.3 is 4.42 Å². The molecule has 0 aliphatic rings. The summed E-state index contributed by atoms with van der Waals surface area (Å²) in [7, 11) is 0. The van der Waals surface area contributed by atoms with Crippen molar-refractivity contribution < 1.29 is 4.42 Å². The van der Waals surface area contributed by atoms with Crippen LogP contribution >= 0.6 is 0 Å². The Labute approximate surface area is 152 Å². The van der Waals surface area contributed by atoms with E-state index < -0.39 is 0 Å². The lowest BCUT2D eigenvalue weighted by molar-refractivity contribution is 0.670. The second-order valence-electron chi connectivity index (χ2n) is 6.73. The summed E-state index contributed by atoms with van der Waals surface area (Å²) in [6, 6.07) is 31.9. The Bertz CT molecular complexity index is 1230. The lowest BCUT2D eigenvalue weighted by Gasteiger charge is -2.09. The number of aryl methyl sites for hydroxylation is 1. The molecule has 0 N–H and O–H groups in total. The Hall–Kier alpha value is -3.32. The van der Waals surface area contributed by atoms with Crippen molar-refractivity contribution in [1.82, 2.24) is 0 Å². The molecule has 0 spiro atoms. The molecule has 1 heteroatoms. The van der Waals surface area contributed by atoms with Crippen LogP contribution in [0.25, 0.3) is 44.2 Å². The summed E-state index contributed by atoms with van der Waals surface area (Å²) in [6.07, 6.45) is 0. The molecule has 5 aromatic rings. The van der Waals surface area contributed by atoms with Crippen LogP contribution in [0.2, 0.25) is 0 Å². The van der Waals surface area contributed by atoms with Crippen molar-refractivity contribution in [3.8, 4) is 22.3 Å². The molecule has 0 saturated heterocycles. The van der Waals surface area contributed by atoms with Crippen LogP contribution in [0.5, 0.6) is 0 Å². The smallest absolute Gasteiger partial charge is 0.143 e. The average Bonchev–Trinajstić information content (AvgIpc) is 3.07. The van der Waals surface area contributed by atoms with Crippen molar-refractivity contribution in [2.75, 3.05) is 0 Å². The molecule has 1 aromatic heterocycles. The van der Waals surface area contributed by atoms with Gasteiger partial charge >= 0.3 is 0 Å². The van der Waals surface area contributed by atoms with Gasteiger partial charge in [-0.2, -0.15) is 0 Å². The van der Waals surface area contributed by atoms with Gasteiger partial charge in [-0.15, -0.1) is 0 Å². The number of hydrogen-bond donors (Lipinski definition) is 0. The van der Waals surface area contributed by atoms with Gasteiger partial charge in [0.15, 0.2) is 0 Å². The standard InChI is InChI=1S/C25H18O/c1-17-14-19(18-8-3-2-4-9-18)16-20(15-17)21-11-7-12-23-22-10-5-6-13-24(22)26-25(21)23/h2-16H,1H3. The molecular formula is C25H18O. The van der Waals surface area contributed by atoms with E-state index in [1.54, 1.807) is 0 Å². The van der Waals surface area contributed by atoms with Crippen LogP contribution in [-0.2, 0) is 0 Å². The van der Waals surface area contributed by atoms with Crippen LogP contribution < -0.4 is 0 Å². The molecule has 0 bridgehead atoms. The first-order valence-corrected chi connectivity index (χ1v) is 8.87. The minimum absolute atomic E-state index is 0.936. The van der Waals surface area contributed by atoms with E-state index in [1.807, 2.05) is 12.1 Å². The summed E-state index contributed by atoms with van der Waals surface area (Å²) >= 11 is 0. The third kappa shape index (κ3) is 2.41. The third-order valence-corrected chi connectivity index (χ3v) is 4.90. The van der Waals surface area contributed by atoms with Crippen molar-refractivity contribution in [3.05, 3.63) is 96.6 Å². The van der Waals surface area contributed by atoms with Gasteiger partial charge in [0.05, 0.1) is 0 Å². The normalized spacial score (nSPS) is 11.3. The average molecular weight is 334 g/mol. The highest BCUT2D eigenvalue weighted by Gasteiger charge is 2.12. The first kappa shape index (κ1) is 15.0. The summed E-state index contributed by atoms with van der Waals surface area (Å²) in [5, 5.41) is 2.33. The molecule has 1 nitrogen and oxygen atoms in total. The minimum atomic E-state index is 0.936. The number of fused-ring (bicyclic) bond motifs is 3. The second kappa shape index (κ2) is 5.89. The molecule has 4 aromatic carbocycles. The summed E-state index contributed by atoms with van der Waals surface area (Å²) in [5.74, 6) is 0. The maximum absolute atomic E-state index is 6.22. The maximum Gasteiger partial charge on any atom is 0.143 e. The highest BCUT2D eigenvalue weighted by atomic mass is 16.3. The second-order valence-corrected chi connectivity index (χ2v) is 6.73. The van der Waals surface area contributed by atoms with Gasteiger partial charge in [0.25, 0.3) is 0 Å². The largest absolute Gasteiger partial charge is 0.455 e. The molecule has 0 atom stereocenters. The first-order chi connectivity index (χ1) is 12.8. The summed E-state index contributed by atoms with van der Waals surface area (Å²) in [5.41, 5.74) is 7.93. The van der Waals surface area contributed by atoms with Gasteiger partial charge in [-0.3, -0.25) is 0 Å². The number of furan rings is 1. The van der Waals surface area contributed by atoms with Gasteiger partial charge in [0, 0.05) is 16.3 Å². The van der Waals surface area contributed by atoms with E-state index in [1.165, 1.54) is 33.0 Å². The summed E-state index contributed by atoms with van der Waals surface area (Å²) < 4.78 is 6.22. The molecule has 0 saturated carbocycles. The Balaban J connectivity index is 1.77. The van der Waals surface area contributed by atoms with Crippen LogP contribution in [0, 0.1) is 6.92 Å². The lowest BCUT2D eigenvalue weighted by Crippen LogP contribution is -1.85. The van der Waals surface area contributed by atoms with Gasteiger partial charge in [-0.05, 0) is 41.3 Å². The first-order valence-electron chi connectivity index (χ1n) is 8.87. The van der Waals surface area contributed by atoms with E-state index in [-0.39, 0.29) is 0 Å². The Morgan fingerprint density at radius 2 is 1.31 bits per heavy atom. The van der Waals surface area contributed by atoms with E-state index in [4.69, 9.17) is 4.42 Å². The van der Waals surface area contributed by atoms with Crippen molar-refractivity contribution in [2.45, 2.75) is 6.92 Å². The van der Waals surface area contributed by atoms with Crippen LogP contribution in [-0.4, -0.2) is 0 Å². The zero-order chi connectivity index (χ0) is 17.5. The van der Waals surface area contributed by atoms with Crippen molar-refractivity contribution in [3.63, 3.8) is 0 Å². The molecule has 0 radical (unpaired) electrons. The Morgan fingerprint density at radius 1 is 0.577 bits per heavy atom. The summed E-state index contributed by atoms with van der Waals surface area (Å²) in [4.78, 5) is 0. The van der Waals surface area contributed by atoms with E-state index in [2.05, 4.69) is 85.8 Å². The predicted octanol–water partition coefficient (Wildman–Crippen LogP) is 7.23. The molecule has 5 rings (SSSR count). The molecular weight excluding hydrogens is 316 g/mol. The van der Waals surface area contributed by atoms with E-state index in [0.29, 0.717) is 0 Å². The Kier molecular flexibility index (Phi) is 3.39. The highest BCUT2D eigenvalue weighted by Crippen LogP contribution is 2.37. The molecule has 0 unspecified atom stereocenters. The molecule has 124 valence electrons. The monoisotopic (exact) mass is 334 g/mol. The van der Waals surface area contributed by atoms with Gasteiger partial charge in [0.1, 0.15) is 11.2 Å². The van der Waals surface area contributed by atoms with Crippen molar-refractivity contribution >= 4 is 21.9 Å². The van der Waals surface area contributed by atoms with Crippen molar-refractivity contribution in [2.24, 2.45) is 0 Å². The number of hydrogen-bond acceptors (Lipinski definition) is 1. The SMILES string of the molecule is Cc1cc(-c2ccccc2)cc(-c2cccc3c2oc2ccccc23)c1. The van der Waals surface area contributed by atoms with Crippen LogP contribution in [0.4, 0.5) is 0 Å². The topological polar surface area (TPSA) is 13.1 Å². The van der Waals surface area contributed by atoms with Crippen LogP contribution in [0.3, 0.4) is 0 Å². The summed E-state index contributed by atoms with van der Waals surface area (Å²) in [6.45, 7) is 2.15. The van der Waals surface area contributed by atoms with E-state index in [9.17, 15) is 0 Å². The molecule has 0 amide bonds. The van der Waals surface area contributed by atoms with Gasteiger partial charge in [-0.1, -0.05) is 78.9 Å². The highest BCUT2D eigenvalue weighted by molar-refractivity contribution is 6.09. The predicted molar refractivity (Wildman–Crippen MR) is 109 cm³/mol. The maximum atomic E-state index is 6.22. The van der Waals surface area contributed by atoms with E-state index >= 15 is 0 Å². The fourth-order valence-electron chi connectivity index (χ4n) is 3.71. The third-order valence-electron chi connectivity index (χ3n) is 4.90. The van der Waals surface area contributed by atoms with E-state index in [0.717, 1.165) is 16.7 Å². The van der Waals surface area contributed by atoms with Crippen molar-refractivity contribution in [1.29, 1.82) is 0 Å². The molecule has 1 heterocycles.